The monoisotopic (exact) mass is 279 g/mol. The molecule has 0 aliphatic heterocycles. The Morgan fingerprint density at radius 3 is 2.19 bits per heavy atom. The van der Waals surface area contributed by atoms with E-state index in [2.05, 4.69) is 26.1 Å². The third-order valence-corrected chi connectivity index (χ3v) is 3.93. The number of nitrogens with one attached hydrogen (secondary N) is 1. The largest absolute Gasteiger partial charge is 0.381 e. The van der Waals surface area contributed by atoms with Crippen LogP contribution in [0.4, 0.5) is 5.69 Å². The number of rotatable bonds is 4. The molecule has 16 heavy (non-hydrogen) atoms. The van der Waals surface area contributed by atoms with Gasteiger partial charge in [0.1, 0.15) is 0 Å². The zero-order valence-corrected chi connectivity index (χ0v) is 11.9. The van der Waals surface area contributed by atoms with Crippen LogP contribution >= 0.6 is 34.8 Å². The van der Waals surface area contributed by atoms with E-state index < -0.39 is 0 Å². The lowest BCUT2D eigenvalue weighted by atomic mass is 10.0. The van der Waals surface area contributed by atoms with E-state index in [1.807, 2.05) is 0 Å². The van der Waals surface area contributed by atoms with Gasteiger partial charge in [-0.2, -0.15) is 0 Å². The van der Waals surface area contributed by atoms with Gasteiger partial charge in [-0.25, -0.2) is 0 Å². The fourth-order valence-electron chi connectivity index (χ4n) is 1.37. The smallest absolute Gasteiger partial charge is 0.0653 e. The molecule has 0 aromatic heterocycles. The van der Waals surface area contributed by atoms with Crippen molar-refractivity contribution in [2.75, 3.05) is 5.32 Å². The molecule has 0 heterocycles. The minimum atomic E-state index is 0.347. The summed E-state index contributed by atoms with van der Waals surface area (Å²) in [6.45, 7) is 6.50. The average molecular weight is 281 g/mol. The van der Waals surface area contributed by atoms with Gasteiger partial charge in [0.15, 0.2) is 0 Å². The van der Waals surface area contributed by atoms with Gasteiger partial charge in [-0.05, 0) is 25.0 Å². The normalized spacial score (nSPS) is 14.6. The fourth-order valence-corrected chi connectivity index (χ4v) is 1.98. The quantitative estimate of drug-likeness (QED) is 0.719. The highest BCUT2D eigenvalue weighted by Crippen LogP contribution is 2.33. The van der Waals surface area contributed by atoms with Crippen LogP contribution in [0.25, 0.3) is 0 Å². The van der Waals surface area contributed by atoms with Crippen molar-refractivity contribution >= 4 is 40.5 Å². The maximum atomic E-state index is 6.09. The van der Waals surface area contributed by atoms with Gasteiger partial charge < -0.3 is 5.32 Å². The first-order chi connectivity index (χ1) is 7.45. The van der Waals surface area contributed by atoms with Crippen molar-refractivity contribution < 1.29 is 0 Å². The van der Waals surface area contributed by atoms with Crippen molar-refractivity contribution in [3.63, 3.8) is 0 Å². The predicted octanol–water partition coefficient (Wildman–Crippen LogP) is 5.49. The molecular formula is C12H16Cl3N. The fraction of sp³-hybridized carbons (Fsp3) is 0.500. The van der Waals surface area contributed by atoms with Crippen molar-refractivity contribution in [2.45, 2.75) is 33.2 Å². The molecule has 0 spiro atoms. The summed E-state index contributed by atoms with van der Waals surface area (Å²) in [5, 5.41) is 4.95. The number of hydrogen-bond donors (Lipinski definition) is 1. The van der Waals surface area contributed by atoms with Crippen molar-refractivity contribution in [3.8, 4) is 0 Å². The average Bonchev–Trinajstić information content (AvgIpc) is 2.24. The second-order valence-electron chi connectivity index (χ2n) is 4.06. The van der Waals surface area contributed by atoms with Crippen LogP contribution in [-0.2, 0) is 0 Å². The van der Waals surface area contributed by atoms with Crippen LogP contribution in [0.2, 0.25) is 15.1 Å². The molecular weight excluding hydrogens is 264 g/mol. The number of benzene rings is 1. The third kappa shape index (κ3) is 3.44. The maximum absolute atomic E-state index is 6.09. The summed E-state index contributed by atoms with van der Waals surface area (Å²) < 4.78 is 0. The van der Waals surface area contributed by atoms with Crippen LogP contribution in [0.5, 0.6) is 0 Å². The minimum Gasteiger partial charge on any atom is -0.381 e. The molecule has 90 valence electrons. The van der Waals surface area contributed by atoms with Crippen molar-refractivity contribution in [1.82, 2.24) is 0 Å². The van der Waals surface area contributed by atoms with E-state index in [1.54, 1.807) is 12.1 Å². The van der Waals surface area contributed by atoms with E-state index in [0.717, 1.165) is 12.1 Å². The summed E-state index contributed by atoms with van der Waals surface area (Å²) >= 11 is 17.9. The topological polar surface area (TPSA) is 12.0 Å². The Hall–Kier alpha value is -0.110. The Morgan fingerprint density at radius 1 is 1.06 bits per heavy atom. The van der Waals surface area contributed by atoms with Gasteiger partial charge in [0.05, 0.1) is 20.8 Å². The van der Waals surface area contributed by atoms with Crippen LogP contribution in [-0.4, -0.2) is 6.04 Å². The highest BCUT2D eigenvalue weighted by Gasteiger charge is 2.12. The van der Waals surface area contributed by atoms with Crippen LogP contribution in [0, 0.1) is 5.92 Å². The molecule has 0 radical (unpaired) electrons. The molecule has 4 heteroatoms. The molecule has 0 amide bonds. The predicted molar refractivity (Wildman–Crippen MR) is 74.0 cm³/mol. The Balaban J connectivity index is 2.85. The molecule has 0 bridgehead atoms. The zero-order valence-electron chi connectivity index (χ0n) is 9.65. The van der Waals surface area contributed by atoms with E-state index in [1.165, 1.54) is 0 Å². The summed E-state index contributed by atoms with van der Waals surface area (Å²) in [6, 6.07) is 3.78. The summed E-state index contributed by atoms with van der Waals surface area (Å²) in [4.78, 5) is 0. The van der Waals surface area contributed by atoms with E-state index >= 15 is 0 Å². The Kier molecular flexibility index (Phi) is 5.23. The van der Waals surface area contributed by atoms with Crippen LogP contribution < -0.4 is 5.32 Å². The van der Waals surface area contributed by atoms with Crippen molar-refractivity contribution in [3.05, 3.63) is 27.2 Å². The second-order valence-corrected chi connectivity index (χ2v) is 5.29. The summed E-state index contributed by atoms with van der Waals surface area (Å²) in [5.74, 6) is 0.575. The van der Waals surface area contributed by atoms with Crippen LogP contribution in [0.15, 0.2) is 12.1 Å². The molecule has 0 saturated carbocycles. The zero-order chi connectivity index (χ0) is 12.3. The molecule has 1 nitrogen and oxygen atoms in total. The lowest BCUT2D eigenvalue weighted by Gasteiger charge is -2.22. The second kappa shape index (κ2) is 6.00. The Labute approximate surface area is 112 Å². The number of anilines is 1. The van der Waals surface area contributed by atoms with Gasteiger partial charge >= 0.3 is 0 Å². The molecule has 1 rings (SSSR count). The first-order valence-corrected chi connectivity index (χ1v) is 6.50. The van der Waals surface area contributed by atoms with Crippen molar-refractivity contribution in [1.29, 1.82) is 0 Å². The van der Waals surface area contributed by atoms with E-state index in [-0.39, 0.29) is 0 Å². The van der Waals surface area contributed by atoms with Gasteiger partial charge in [0.25, 0.3) is 0 Å². The molecule has 1 N–H and O–H groups in total. The molecule has 2 unspecified atom stereocenters. The van der Waals surface area contributed by atoms with Gasteiger partial charge in [0.2, 0.25) is 0 Å². The van der Waals surface area contributed by atoms with E-state index in [4.69, 9.17) is 34.8 Å². The van der Waals surface area contributed by atoms with Gasteiger partial charge in [-0.15, -0.1) is 0 Å². The van der Waals surface area contributed by atoms with Crippen LogP contribution in [0.3, 0.4) is 0 Å². The molecule has 0 fully saturated rings. The SMILES string of the molecule is CCC(C)C(C)Nc1cc(Cl)c(Cl)cc1Cl. The highest BCUT2D eigenvalue weighted by molar-refractivity contribution is 6.44. The van der Waals surface area contributed by atoms with Gasteiger partial charge in [-0.1, -0.05) is 55.1 Å². The van der Waals surface area contributed by atoms with Crippen LogP contribution in [0.1, 0.15) is 27.2 Å². The van der Waals surface area contributed by atoms with Gasteiger partial charge in [0, 0.05) is 6.04 Å². The first kappa shape index (κ1) is 14.0. The molecule has 2 atom stereocenters. The summed E-state index contributed by atoms with van der Waals surface area (Å²) in [7, 11) is 0. The van der Waals surface area contributed by atoms with E-state index in [0.29, 0.717) is 27.0 Å². The maximum Gasteiger partial charge on any atom is 0.0653 e. The molecule has 0 aliphatic rings. The standard InChI is InChI=1S/C12H16Cl3N/c1-4-7(2)8(3)16-12-6-10(14)9(13)5-11(12)15/h5-8,16H,4H2,1-3H3. The molecule has 0 aliphatic carbocycles. The first-order valence-electron chi connectivity index (χ1n) is 5.36. The summed E-state index contributed by atoms with van der Waals surface area (Å²) in [5.41, 5.74) is 0.837. The third-order valence-electron chi connectivity index (χ3n) is 2.89. The minimum absolute atomic E-state index is 0.347. The Bertz CT molecular complexity index is 366. The van der Waals surface area contributed by atoms with Gasteiger partial charge in [-0.3, -0.25) is 0 Å². The number of hydrogen-bond acceptors (Lipinski definition) is 1. The van der Waals surface area contributed by atoms with Crippen molar-refractivity contribution in [2.24, 2.45) is 5.92 Å². The number of halogens is 3. The molecule has 1 aromatic rings. The summed E-state index contributed by atoms with van der Waals surface area (Å²) in [6.07, 6.45) is 1.12. The lowest BCUT2D eigenvalue weighted by Crippen LogP contribution is -2.23. The highest BCUT2D eigenvalue weighted by atomic mass is 35.5. The molecule has 0 saturated heterocycles. The lowest BCUT2D eigenvalue weighted by molar-refractivity contribution is 0.495. The van der Waals surface area contributed by atoms with E-state index in [9.17, 15) is 0 Å². The molecule has 1 aromatic carbocycles. The Morgan fingerprint density at radius 2 is 1.62 bits per heavy atom.